The van der Waals surface area contributed by atoms with Crippen molar-refractivity contribution in [3.63, 3.8) is 0 Å². The molecule has 0 fully saturated rings. The summed E-state index contributed by atoms with van der Waals surface area (Å²) in [6.45, 7) is 0.645. The lowest BCUT2D eigenvalue weighted by atomic mass is 10.2. The van der Waals surface area contributed by atoms with Crippen molar-refractivity contribution in [3.8, 4) is 11.5 Å². The van der Waals surface area contributed by atoms with Crippen LogP contribution in [0.2, 0.25) is 0 Å². The molecule has 0 aliphatic rings. The van der Waals surface area contributed by atoms with Gasteiger partial charge in [0.25, 0.3) is 0 Å². The summed E-state index contributed by atoms with van der Waals surface area (Å²) in [7, 11) is 3.30. The zero-order valence-corrected chi connectivity index (χ0v) is 16.3. The number of methoxy groups -OCH3 is 2. The van der Waals surface area contributed by atoms with Gasteiger partial charge in [0.15, 0.2) is 0 Å². The fraction of sp³-hybridized carbons (Fsp3) is 0.200. The fourth-order valence-electron chi connectivity index (χ4n) is 1.89. The van der Waals surface area contributed by atoms with Gasteiger partial charge in [0, 0.05) is 31.6 Å². The van der Waals surface area contributed by atoms with Crippen molar-refractivity contribution in [2.24, 2.45) is 0 Å². The third-order valence-electron chi connectivity index (χ3n) is 2.96. The number of anilines is 1. The standard InChI is InChI=1S/C15H14Br3NO2/c1-20-11-4-3-9(14(7-11)21-2)8-19-15-12(17)5-10(16)6-13(15)18/h3-7,19H,8H2,1-2H3. The third-order valence-corrected chi connectivity index (χ3v) is 4.67. The van der Waals surface area contributed by atoms with E-state index in [1.807, 2.05) is 30.3 Å². The summed E-state index contributed by atoms with van der Waals surface area (Å²) < 4.78 is 13.6. The molecule has 0 bridgehead atoms. The summed E-state index contributed by atoms with van der Waals surface area (Å²) in [6, 6.07) is 9.79. The Balaban J connectivity index is 2.20. The van der Waals surface area contributed by atoms with Crippen molar-refractivity contribution in [2.45, 2.75) is 6.54 Å². The molecule has 0 amide bonds. The SMILES string of the molecule is COc1ccc(CNc2c(Br)cc(Br)cc2Br)c(OC)c1. The maximum absolute atomic E-state index is 5.40. The number of hydrogen-bond acceptors (Lipinski definition) is 3. The lowest BCUT2D eigenvalue weighted by Crippen LogP contribution is -2.03. The van der Waals surface area contributed by atoms with Gasteiger partial charge in [-0.2, -0.15) is 0 Å². The van der Waals surface area contributed by atoms with Crippen LogP contribution in [0.4, 0.5) is 5.69 Å². The normalized spacial score (nSPS) is 10.3. The van der Waals surface area contributed by atoms with Crippen LogP contribution in [-0.2, 0) is 6.54 Å². The summed E-state index contributed by atoms with van der Waals surface area (Å²) >= 11 is 10.6. The van der Waals surface area contributed by atoms with E-state index >= 15 is 0 Å². The predicted octanol–water partition coefficient (Wildman–Crippen LogP) is 5.60. The van der Waals surface area contributed by atoms with Gasteiger partial charge in [0.2, 0.25) is 0 Å². The molecule has 0 aliphatic heterocycles. The molecule has 2 aromatic carbocycles. The Morgan fingerprint density at radius 2 is 1.62 bits per heavy atom. The average molecular weight is 480 g/mol. The fourth-order valence-corrected chi connectivity index (χ4v) is 4.43. The average Bonchev–Trinajstić information content (AvgIpc) is 2.46. The van der Waals surface area contributed by atoms with Crippen LogP contribution in [-0.4, -0.2) is 14.2 Å². The molecule has 2 aromatic rings. The van der Waals surface area contributed by atoms with E-state index < -0.39 is 0 Å². The minimum Gasteiger partial charge on any atom is -0.497 e. The van der Waals surface area contributed by atoms with E-state index in [4.69, 9.17) is 9.47 Å². The van der Waals surface area contributed by atoms with Gasteiger partial charge in [0.05, 0.1) is 19.9 Å². The molecule has 0 saturated heterocycles. The molecule has 0 aliphatic carbocycles. The van der Waals surface area contributed by atoms with Gasteiger partial charge in [-0.15, -0.1) is 0 Å². The third kappa shape index (κ3) is 4.14. The molecule has 0 aromatic heterocycles. The van der Waals surface area contributed by atoms with Crippen molar-refractivity contribution in [1.82, 2.24) is 0 Å². The second-order valence-corrected chi connectivity index (χ2v) is 6.90. The number of halogens is 3. The minimum atomic E-state index is 0.645. The molecule has 112 valence electrons. The van der Waals surface area contributed by atoms with Crippen molar-refractivity contribution < 1.29 is 9.47 Å². The molecule has 0 atom stereocenters. The van der Waals surface area contributed by atoms with Gasteiger partial charge < -0.3 is 14.8 Å². The Bertz CT molecular complexity index is 624. The molecule has 0 radical (unpaired) electrons. The van der Waals surface area contributed by atoms with E-state index in [0.717, 1.165) is 36.2 Å². The Morgan fingerprint density at radius 3 is 2.19 bits per heavy atom. The zero-order valence-electron chi connectivity index (χ0n) is 11.5. The predicted molar refractivity (Wildman–Crippen MR) is 96.4 cm³/mol. The molecule has 0 heterocycles. The Hall–Kier alpha value is -0.720. The highest BCUT2D eigenvalue weighted by molar-refractivity contribution is 9.11. The smallest absolute Gasteiger partial charge is 0.127 e. The highest BCUT2D eigenvalue weighted by Gasteiger charge is 2.09. The number of benzene rings is 2. The second kappa shape index (κ2) is 7.51. The van der Waals surface area contributed by atoms with Crippen LogP contribution in [0.25, 0.3) is 0 Å². The Labute approximate surface area is 149 Å². The largest absolute Gasteiger partial charge is 0.497 e. The second-order valence-electron chi connectivity index (χ2n) is 4.28. The molecule has 2 rings (SSSR count). The summed E-state index contributed by atoms with van der Waals surface area (Å²) in [4.78, 5) is 0. The van der Waals surface area contributed by atoms with Crippen LogP contribution in [0.3, 0.4) is 0 Å². The van der Waals surface area contributed by atoms with Crippen molar-refractivity contribution in [1.29, 1.82) is 0 Å². The van der Waals surface area contributed by atoms with Crippen molar-refractivity contribution in [3.05, 3.63) is 49.3 Å². The summed E-state index contributed by atoms with van der Waals surface area (Å²) in [5.41, 5.74) is 2.05. The quantitative estimate of drug-likeness (QED) is 0.605. The maximum atomic E-state index is 5.40. The first-order valence-electron chi connectivity index (χ1n) is 6.14. The van der Waals surface area contributed by atoms with Gasteiger partial charge in [-0.1, -0.05) is 15.9 Å². The van der Waals surface area contributed by atoms with E-state index in [1.54, 1.807) is 14.2 Å². The Kier molecular flexibility index (Phi) is 5.96. The van der Waals surface area contributed by atoms with E-state index in [1.165, 1.54) is 0 Å². The molecule has 21 heavy (non-hydrogen) atoms. The van der Waals surface area contributed by atoms with Crippen molar-refractivity contribution in [2.75, 3.05) is 19.5 Å². The van der Waals surface area contributed by atoms with Gasteiger partial charge in [-0.3, -0.25) is 0 Å². The maximum Gasteiger partial charge on any atom is 0.127 e. The van der Waals surface area contributed by atoms with Crippen LogP contribution in [0.1, 0.15) is 5.56 Å². The van der Waals surface area contributed by atoms with Gasteiger partial charge >= 0.3 is 0 Å². The molecular weight excluding hydrogens is 466 g/mol. The van der Waals surface area contributed by atoms with E-state index in [0.29, 0.717) is 6.54 Å². The van der Waals surface area contributed by atoms with Crippen LogP contribution in [0.15, 0.2) is 43.7 Å². The summed E-state index contributed by atoms with van der Waals surface area (Å²) in [5.74, 6) is 1.58. The monoisotopic (exact) mass is 477 g/mol. The van der Waals surface area contributed by atoms with Crippen LogP contribution in [0.5, 0.6) is 11.5 Å². The number of nitrogens with one attached hydrogen (secondary N) is 1. The minimum absolute atomic E-state index is 0.645. The summed E-state index contributed by atoms with van der Waals surface area (Å²) in [6.07, 6.45) is 0. The zero-order chi connectivity index (χ0) is 15.4. The van der Waals surface area contributed by atoms with Crippen LogP contribution < -0.4 is 14.8 Å². The van der Waals surface area contributed by atoms with Gasteiger partial charge in [0.1, 0.15) is 11.5 Å². The molecule has 0 saturated carbocycles. The Morgan fingerprint density at radius 1 is 0.952 bits per heavy atom. The molecular formula is C15H14Br3NO2. The first-order valence-corrected chi connectivity index (χ1v) is 8.52. The first-order chi connectivity index (χ1) is 10.0. The van der Waals surface area contributed by atoms with Crippen LogP contribution in [0, 0.1) is 0 Å². The number of ether oxygens (including phenoxy) is 2. The molecule has 0 unspecified atom stereocenters. The van der Waals surface area contributed by atoms with Gasteiger partial charge in [-0.05, 0) is 56.1 Å². The molecule has 0 spiro atoms. The molecule has 1 N–H and O–H groups in total. The molecule has 3 nitrogen and oxygen atoms in total. The van der Waals surface area contributed by atoms with E-state index in [-0.39, 0.29) is 0 Å². The first kappa shape index (κ1) is 16.6. The lowest BCUT2D eigenvalue weighted by Gasteiger charge is -2.14. The topological polar surface area (TPSA) is 30.5 Å². The summed E-state index contributed by atoms with van der Waals surface area (Å²) in [5, 5.41) is 3.40. The lowest BCUT2D eigenvalue weighted by molar-refractivity contribution is 0.391. The van der Waals surface area contributed by atoms with Crippen molar-refractivity contribution >= 4 is 53.5 Å². The number of rotatable bonds is 5. The van der Waals surface area contributed by atoms with E-state index in [9.17, 15) is 0 Å². The highest BCUT2D eigenvalue weighted by atomic mass is 79.9. The van der Waals surface area contributed by atoms with Crippen LogP contribution >= 0.6 is 47.8 Å². The highest BCUT2D eigenvalue weighted by Crippen LogP contribution is 2.35. The molecule has 6 heteroatoms. The van der Waals surface area contributed by atoms with Gasteiger partial charge in [-0.25, -0.2) is 0 Å². The number of hydrogen-bond donors (Lipinski definition) is 1. The van der Waals surface area contributed by atoms with E-state index in [2.05, 4.69) is 53.1 Å².